The van der Waals surface area contributed by atoms with Crippen LogP contribution in [-0.4, -0.2) is 5.91 Å². The molecule has 4 heteroatoms. The van der Waals surface area contributed by atoms with Gasteiger partial charge in [-0.05, 0) is 36.8 Å². The van der Waals surface area contributed by atoms with E-state index in [1.54, 1.807) is 6.07 Å². The van der Waals surface area contributed by atoms with E-state index in [0.29, 0.717) is 5.76 Å². The number of nitrogens with one attached hydrogen (secondary N) is 1. The third-order valence-corrected chi connectivity index (χ3v) is 3.52. The Labute approximate surface area is 114 Å². The number of hydrogen-bond donors (Lipinski definition) is 1. The van der Waals surface area contributed by atoms with Crippen LogP contribution in [0.3, 0.4) is 0 Å². The van der Waals surface area contributed by atoms with E-state index >= 15 is 0 Å². The fourth-order valence-corrected chi connectivity index (χ4v) is 1.93. The summed E-state index contributed by atoms with van der Waals surface area (Å²) in [6.07, 6.45) is 0.781. The van der Waals surface area contributed by atoms with Gasteiger partial charge >= 0.3 is 0 Å². The van der Waals surface area contributed by atoms with E-state index in [4.69, 9.17) is 4.42 Å². The molecule has 1 N–H and O–H groups in total. The number of amides is 1. The summed E-state index contributed by atoms with van der Waals surface area (Å²) in [5.41, 5.74) is 1.87. The van der Waals surface area contributed by atoms with Gasteiger partial charge in [0.05, 0.1) is 0 Å². The molecule has 3 nitrogen and oxygen atoms in total. The Morgan fingerprint density at radius 3 is 2.72 bits per heavy atom. The van der Waals surface area contributed by atoms with E-state index in [1.807, 2.05) is 38.1 Å². The molecule has 0 saturated carbocycles. The minimum absolute atomic E-state index is 0.231. The van der Waals surface area contributed by atoms with E-state index < -0.39 is 0 Å². The summed E-state index contributed by atoms with van der Waals surface area (Å²) < 4.78 is 6.36. The topological polar surface area (TPSA) is 42.2 Å². The first-order valence-corrected chi connectivity index (χ1v) is 6.55. The molecule has 1 aromatic carbocycles. The third kappa shape index (κ3) is 2.82. The molecule has 0 atom stereocenters. The zero-order chi connectivity index (χ0) is 13.1. The summed E-state index contributed by atoms with van der Waals surface area (Å²) in [7, 11) is 0. The molecule has 0 radical (unpaired) electrons. The second-order valence-electron chi connectivity index (χ2n) is 4.04. The predicted octanol–water partition coefficient (Wildman–Crippen LogP) is 4.17. The average Bonchev–Trinajstić information content (AvgIpc) is 2.82. The van der Waals surface area contributed by atoms with Crippen LogP contribution in [0.5, 0.6) is 0 Å². The van der Waals surface area contributed by atoms with Crippen LogP contribution in [0.2, 0.25) is 0 Å². The first kappa shape index (κ1) is 12.9. The SMILES string of the molecule is CCc1ccc(C(=O)Nc2ccc(C)c(Br)c2)o1. The second kappa shape index (κ2) is 5.40. The van der Waals surface area contributed by atoms with Crippen LogP contribution in [0.4, 0.5) is 5.69 Å². The van der Waals surface area contributed by atoms with E-state index in [2.05, 4.69) is 21.2 Å². The Balaban J connectivity index is 2.13. The van der Waals surface area contributed by atoms with Crippen molar-refractivity contribution in [3.05, 3.63) is 51.9 Å². The summed E-state index contributed by atoms with van der Waals surface area (Å²) in [6.45, 7) is 3.98. The fourth-order valence-electron chi connectivity index (χ4n) is 1.55. The van der Waals surface area contributed by atoms with E-state index in [1.165, 1.54) is 0 Å². The Bertz CT molecular complexity index is 575. The predicted molar refractivity (Wildman–Crippen MR) is 74.9 cm³/mol. The summed E-state index contributed by atoms with van der Waals surface area (Å²) in [4.78, 5) is 11.9. The van der Waals surface area contributed by atoms with Crippen molar-refractivity contribution >= 4 is 27.5 Å². The van der Waals surface area contributed by atoms with Crippen molar-refractivity contribution in [3.63, 3.8) is 0 Å². The van der Waals surface area contributed by atoms with Crippen molar-refractivity contribution in [3.8, 4) is 0 Å². The summed E-state index contributed by atoms with van der Waals surface area (Å²) >= 11 is 3.43. The Hall–Kier alpha value is -1.55. The first-order chi connectivity index (χ1) is 8.60. The Kier molecular flexibility index (Phi) is 3.87. The Morgan fingerprint density at radius 1 is 1.33 bits per heavy atom. The lowest BCUT2D eigenvalue weighted by molar-refractivity contribution is 0.0995. The van der Waals surface area contributed by atoms with Gasteiger partial charge in [-0.1, -0.05) is 28.9 Å². The highest BCUT2D eigenvalue weighted by Gasteiger charge is 2.11. The standard InChI is InChI=1S/C14H14BrNO2/c1-3-11-6-7-13(18-11)14(17)16-10-5-4-9(2)12(15)8-10/h4-8H,3H2,1-2H3,(H,16,17). The highest BCUT2D eigenvalue weighted by Crippen LogP contribution is 2.21. The number of hydrogen-bond acceptors (Lipinski definition) is 2. The molecule has 0 fully saturated rings. The highest BCUT2D eigenvalue weighted by molar-refractivity contribution is 9.10. The first-order valence-electron chi connectivity index (χ1n) is 5.76. The van der Waals surface area contributed by atoms with Gasteiger partial charge < -0.3 is 9.73 Å². The number of halogens is 1. The molecule has 0 saturated heterocycles. The van der Waals surface area contributed by atoms with Crippen molar-refractivity contribution < 1.29 is 9.21 Å². The largest absolute Gasteiger partial charge is 0.456 e. The monoisotopic (exact) mass is 307 g/mol. The van der Waals surface area contributed by atoms with Crippen molar-refractivity contribution in [1.82, 2.24) is 0 Å². The van der Waals surface area contributed by atoms with Gasteiger partial charge in [-0.15, -0.1) is 0 Å². The van der Waals surface area contributed by atoms with Crippen molar-refractivity contribution in [2.75, 3.05) is 5.32 Å². The smallest absolute Gasteiger partial charge is 0.291 e. The third-order valence-electron chi connectivity index (χ3n) is 2.66. The van der Waals surface area contributed by atoms with E-state index in [0.717, 1.165) is 27.9 Å². The van der Waals surface area contributed by atoms with Gasteiger partial charge in [0.15, 0.2) is 5.76 Å². The van der Waals surface area contributed by atoms with Crippen LogP contribution in [0.1, 0.15) is 28.8 Å². The molecule has 0 unspecified atom stereocenters. The minimum Gasteiger partial charge on any atom is -0.456 e. The maximum Gasteiger partial charge on any atom is 0.291 e. The number of benzene rings is 1. The summed E-state index contributed by atoms with van der Waals surface area (Å²) in [5, 5.41) is 2.80. The van der Waals surface area contributed by atoms with Crippen LogP contribution in [-0.2, 0) is 6.42 Å². The number of carbonyl (C=O) groups is 1. The van der Waals surface area contributed by atoms with Gasteiger partial charge in [0.1, 0.15) is 5.76 Å². The molecule has 2 aromatic rings. The van der Waals surface area contributed by atoms with Gasteiger partial charge in [0.2, 0.25) is 0 Å². The van der Waals surface area contributed by atoms with Crippen molar-refractivity contribution in [2.45, 2.75) is 20.3 Å². The molecule has 0 spiro atoms. The molecule has 0 aliphatic carbocycles. The molecule has 0 aliphatic rings. The molecule has 1 aromatic heterocycles. The number of anilines is 1. The zero-order valence-corrected chi connectivity index (χ0v) is 11.9. The molecular formula is C14H14BrNO2. The van der Waals surface area contributed by atoms with Gasteiger partial charge in [-0.25, -0.2) is 0 Å². The number of furan rings is 1. The van der Waals surface area contributed by atoms with Crippen LogP contribution < -0.4 is 5.32 Å². The van der Waals surface area contributed by atoms with Gasteiger partial charge in [-0.3, -0.25) is 4.79 Å². The van der Waals surface area contributed by atoms with Crippen LogP contribution in [0.15, 0.2) is 39.2 Å². The molecule has 0 bridgehead atoms. The zero-order valence-electron chi connectivity index (χ0n) is 10.3. The number of carbonyl (C=O) groups excluding carboxylic acids is 1. The molecule has 18 heavy (non-hydrogen) atoms. The summed E-state index contributed by atoms with van der Waals surface area (Å²) in [5.74, 6) is 0.916. The molecule has 1 amide bonds. The molecular weight excluding hydrogens is 294 g/mol. The summed E-state index contributed by atoms with van der Waals surface area (Å²) in [6, 6.07) is 9.19. The molecule has 94 valence electrons. The lowest BCUT2D eigenvalue weighted by Crippen LogP contribution is -2.10. The van der Waals surface area contributed by atoms with Gasteiger partial charge in [0.25, 0.3) is 5.91 Å². The maximum atomic E-state index is 11.9. The maximum absolute atomic E-state index is 11.9. The number of aryl methyl sites for hydroxylation is 2. The highest BCUT2D eigenvalue weighted by atomic mass is 79.9. The van der Waals surface area contributed by atoms with Gasteiger partial charge in [-0.2, -0.15) is 0 Å². The fraction of sp³-hybridized carbons (Fsp3) is 0.214. The minimum atomic E-state index is -0.231. The second-order valence-corrected chi connectivity index (χ2v) is 4.89. The Morgan fingerprint density at radius 2 is 2.11 bits per heavy atom. The van der Waals surface area contributed by atoms with Crippen LogP contribution in [0.25, 0.3) is 0 Å². The van der Waals surface area contributed by atoms with Crippen molar-refractivity contribution in [1.29, 1.82) is 0 Å². The lowest BCUT2D eigenvalue weighted by atomic mass is 10.2. The van der Waals surface area contributed by atoms with Crippen molar-refractivity contribution in [2.24, 2.45) is 0 Å². The molecule has 0 aliphatic heterocycles. The number of rotatable bonds is 3. The quantitative estimate of drug-likeness (QED) is 0.925. The average molecular weight is 308 g/mol. The van der Waals surface area contributed by atoms with Crippen LogP contribution in [0, 0.1) is 6.92 Å². The van der Waals surface area contributed by atoms with E-state index in [9.17, 15) is 4.79 Å². The molecule has 2 rings (SSSR count). The normalized spacial score (nSPS) is 10.4. The van der Waals surface area contributed by atoms with E-state index in [-0.39, 0.29) is 5.91 Å². The van der Waals surface area contributed by atoms with Gasteiger partial charge in [0, 0.05) is 16.6 Å². The molecule has 1 heterocycles. The lowest BCUT2D eigenvalue weighted by Gasteiger charge is -2.05. The van der Waals surface area contributed by atoms with Crippen LogP contribution >= 0.6 is 15.9 Å².